The normalized spacial score (nSPS) is 13.5. The van der Waals surface area contributed by atoms with Crippen molar-refractivity contribution >= 4 is 11.6 Å². The maximum Gasteiger partial charge on any atom is 0.312 e. The van der Waals surface area contributed by atoms with Crippen LogP contribution in [0.2, 0.25) is 0 Å². The van der Waals surface area contributed by atoms with Gasteiger partial charge in [0.05, 0.1) is 26.3 Å². The van der Waals surface area contributed by atoms with E-state index in [9.17, 15) is 14.9 Å². The number of nitro groups is 1. The van der Waals surface area contributed by atoms with Gasteiger partial charge in [0.25, 0.3) is 5.91 Å². The number of methoxy groups -OCH3 is 3. The van der Waals surface area contributed by atoms with Crippen molar-refractivity contribution in [3.63, 3.8) is 0 Å². The van der Waals surface area contributed by atoms with Crippen LogP contribution in [0.15, 0.2) is 30.3 Å². The lowest BCUT2D eigenvalue weighted by Crippen LogP contribution is -2.46. The molecule has 1 fully saturated rings. The van der Waals surface area contributed by atoms with Crippen molar-refractivity contribution in [1.82, 2.24) is 10.2 Å². The second kappa shape index (κ2) is 9.31. The molecule has 0 atom stereocenters. The number of carbonyl (C=O) groups excluding carboxylic acids is 1. The molecular weight excluding hydrogens is 394 g/mol. The van der Waals surface area contributed by atoms with Crippen LogP contribution in [0.25, 0.3) is 0 Å². The monoisotopic (exact) mass is 417 g/mol. The second-order valence-corrected chi connectivity index (χ2v) is 6.44. The minimum absolute atomic E-state index is 0.00821. The third kappa shape index (κ3) is 4.38. The molecule has 0 spiro atoms. The van der Waals surface area contributed by atoms with E-state index in [1.807, 2.05) is 0 Å². The number of hydrogen-bond donors (Lipinski definition) is 1. The van der Waals surface area contributed by atoms with Crippen molar-refractivity contribution in [3.8, 4) is 28.7 Å². The van der Waals surface area contributed by atoms with Crippen molar-refractivity contribution in [3.05, 3.63) is 46.0 Å². The summed E-state index contributed by atoms with van der Waals surface area (Å²) < 4.78 is 21.6. The molecule has 1 saturated heterocycles. The summed E-state index contributed by atoms with van der Waals surface area (Å²) >= 11 is 0. The lowest BCUT2D eigenvalue weighted by molar-refractivity contribution is -0.385. The van der Waals surface area contributed by atoms with Crippen LogP contribution >= 0.6 is 0 Å². The molecule has 10 heteroatoms. The van der Waals surface area contributed by atoms with Crippen LogP contribution in [0.5, 0.6) is 28.7 Å². The molecule has 0 saturated carbocycles. The van der Waals surface area contributed by atoms with Gasteiger partial charge in [0, 0.05) is 49.9 Å². The lowest BCUT2D eigenvalue weighted by atomic mass is 10.1. The van der Waals surface area contributed by atoms with Gasteiger partial charge in [0.2, 0.25) is 11.5 Å². The molecule has 0 aromatic heterocycles. The summed E-state index contributed by atoms with van der Waals surface area (Å²) in [7, 11) is 4.39. The van der Waals surface area contributed by atoms with Crippen LogP contribution in [0, 0.1) is 10.1 Å². The quantitative estimate of drug-likeness (QED) is 0.540. The average molecular weight is 417 g/mol. The maximum absolute atomic E-state index is 12.7. The molecule has 2 aromatic rings. The molecule has 2 aromatic carbocycles. The van der Waals surface area contributed by atoms with Crippen molar-refractivity contribution in [2.24, 2.45) is 0 Å². The number of benzene rings is 2. The Hall–Kier alpha value is -3.53. The number of rotatable bonds is 7. The van der Waals surface area contributed by atoms with Gasteiger partial charge in [-0.15, -0.1) is 0 Å². The third-order valence-electron chi connectivity index (χ3n) is 4.67. The zero-order valence-corrected chi connectivity index (χ0v) is 17.0. The molecule has 160 valence electrons. The number of nitro benzene ring substituents is 1. The van der Waals surface area contributed by atoms with Crippen LogP contribution in [0.1, 0.15) is 10.4 Å². The predicted octanol–water partition coefficient (Wildman–Crippen LogP) is 2.46. The molecular formula is C20H23N3O7. The minimum Gasteiger partial charge on any atom is -0.493 e. The first-order valence-electron chi connectivity index (χ1n) is 9.24. The van der Waals surface area contributed by atoms with Gasteiger partial charge in [0.15, 0.2) is 11.5 Å². The fourth-order valence-electron chi connectivity index (χ4n) is 3.17. The maximum atomic E-state index is 12.7. The number of amides is 1. The lowest BCUT2D eigenvalue weighted by Gasteiger charge is -2.27. The van der Waals surface area contributed by atoms with Crippen molar-refractivity contribution in [2.45, 2.75) is 0 Å². The highest BCUT2D eigenvalue weighted by Gasteiger charge is 2.24. The Kier molecular flexibility index (Phi) is 6.58. The van der Waals surface area contributed by atoms with E-state index in [-0.39, 0.29) is 28.7 Å². The fraction of sp³-hybridized carbons (Fsp3) is 0.350. The number of ether oxygens (including phenoxy) is 4. The summed E-state index contributed by atoms with van der Waals surface area (Å²) in [6.07, 6.45) is 0. The largest absolute Gasteiger partial charge is 0.493 e. The smallest absolute Gasteiger partial charge is 0.312 e. The summed E-state index contributed by atoms with van der Waals surface area (Å²) in [5.74, 6) is 1.07. The number of nitrogens with zero attached hydrogens (tertiary/aromatic N) is 2. The number of carbonyl (C=O) groups is 1. The van der Waals surface area contributed by atoms with Crippen LogP contribution in [-0.2, 0) is 0 Å². The fourth-order valence-corrected chi connectivity index (χ4v) is 3.17. The Balaban J connectivity index is 1.93. The van der Waals surface area contributed by atoms with Crippen LogP contribution < -0.4 is 24.3 Å². The van der Waals surface area contributed by atoms with Crippen molar-refractivity contribution in [2.75, 3.05) is 47.5 Å². The molecule has 1 aliphatic heterocycles. The van der Waals surface area contributed by atoms with Gasteiger partial charge in [0.1, 0.15) is 5.75 Å². The number of nitrogens with one attached hydrogen (secondary N) is 1. The summed E-state index contributed by atoms with van der Waals surface area (Å²) in [4.78, 5) is 25.4. The molecule has 0 radical (unpaired) electrons. The Morgan fingerprint density at radius 3 is 2.17 bits per heavy atom. The molecule has 1 N–H and O–H groups in total. The van der Waals surface area contributed by atoms with Crippen molar-refractivity contribution in [1.29, 1.82) is 0 Å². The van der Waals surface area contributed by atoms with Gasteiger partial charge in [-0.25, -0.2) is 0 Å². The van der Waals surface area contributed by atoms with Crippen LogP contribution in [-0.4, -0.2) is 63.2 Å². The van der Waals surface area contributed by atoms with E-state index >= 15 is 0 Å². The highest BCUT2D eigenvalue weighted by atomic mass is 16.6. The topological polar surface area (TPSA) is 112 Å². The predicted molar refractivity (Wildman–Crippen MR) is 108 cm³/mol. The van der Waals surface area contributed by atoms with E-state index in [1.165, 1.54) is 51.7 Å². The first kappa shape index (κ1) is 21.2. The number of hydrogen-bond acceptors (Lipinski definition) is 8. The summed E-state index contributed by atoms with van der Waals surface area (Å²) in [6.45, 7) is 2.49. The molecule has 0 bridgehead atoms. The van der Waals surface area contributed by atoms with Gasteiger partial charge in [-0.05, 0) is 12.1 Å². The van der Waals surface area contributed by atoms with Crippen molar-refractivity contribution < 1.29 is 28.7 Å². The zero-order chi connectivity index (χ0) is 21.7. The van der Waals surface area contributed by atoms with Gasteiger partial charge < -0.3 is 29.2 Å². The SMILES string of the molecule is COc1cc(Oc2ccc(C(=O)N3CCNCC3)cc2[N+](=O)[O-])cc(OC)c1OC. The molecule has 0 aliphatic carbocycles. The molecule has 1 heterocycles. The van der Waals surface area contributed by atoms with E-state index in [2.05, 4.69) is 5.32 Å². The first-order chi connectivity index (χ1) is 14.5. The Bertz CT molecular complexity index is 917. The summed E-state index contributed by atoms with van der Waals surface area (Å²) in [6, 6.07) is 7.23. The van der Waals surface area contributed by atoms with E-state index < -0.39 is 4.92 Å². The van der Waals surface area contributed by atoms with E-state index in [0.29, 0.717) is 43.4 Å². The van der Waals surface area contributed by atoms with Gasteiger partial charge in [-0.1, -0.05) is 0 Å². The van der Waals surface area contributed by atoms with E-state index in [1.54, 1.807) is 4.90 Å². The third-order valence-corrected chi connectivity index (χ3v) is 4.67. The standard InChI is InChI=1S/C20H23N3O7/c1-27-17-11-14(12-18(28-2)19(17)29-3)30-16-5-4-13(10-15(16)23(25)26)20(24)22-8-6-21-7-9-22/h4-5,10-12,21H,6-9H2,1-3H3. The molecule has 1 aliphatic rings. The second-order valence-electron chi connectivity index (χ2n) is 6.44. The first-order valence-corrected chi connectivity index (χ1v) is 9.24. The molecule has 30 heavy (non-hydrogen) atoms. The van der Waals surface area contributed by atoms with Crippen LogP contribution in [0.4, 0.5) is 5.69 Å². The minimum atomic E-state index is -0.581. The average Bonchev–Trinajstić information content (AvgIpc) is 2.78. The van der Waals surface area contributed by atoms with Crippen LogP contribution in [0.3, 0.4) is 0 Å². The Morgan fingerprint density at radius 2 is 1.63 bits per heavy atom. The molecule has 3 rings (SSSR count). The Morgan fingerprint density at radius 1 is 1.00 bits per heavy atom. The summed E-state index contributed by atoms with van der Waals surface area (Å²) in [5.41, 5.74) is -0.0782. The highest BCUT2D eigenvalue weighted by Crippen LogP contribution is 2.43. The van der Waals surface area contributed by atoms with Gasteiger partial charge in [-0.2, -0.15) is 0 Å². The molecule has 0 unspecified atom stereocenters. The van der Waals surface area contributed by atoms with E-state index in [4.69, 9.17) is 18.9 Å². The van der Waals surface area contributed by atoms with Gasteiger partial charge in [-0.3, -0.25) is 14.9 Å². The van der Waals surface area contributed by atoms with Gasteiger partial charge >= 0.3 is 5.69 Å². The van der Waals surface area contributed by atoms with E-state index in [0.717, 1.165) is 0 Å². The Labute approximate surface area is 173 Å². The zero-order valence-electron chi connectivity index (χ0n) is 17.0. The number of piperazine rings is 1. The molecule has 1 amide bonds. The highest BCUT2D eigenvalue weighted by molar-refractivity contribution is 5.95. The summed E-state index contributed by atoms with van der Waals surface area (Å²) in [5, 5.41) is 14.8. The molecule has 10 nitrogen and oxygen atoms in total.